The molecule has 1 aliphatic heterocycles. The molecule has 1 amide bonds. The van der Waals surface area contributed by atoms with Crippen molar-refractivity contribution < 1.29 is 18.0 Å². The first-order chi connectivity index (χ1) is 12.5. The lowest BCUT2D eigenvalue weighted by molar-refractivity contribution is -0.137. The van der Waals surface area contributed by atoms with E-state index in [4.69, 9.17) is 0 Å². The fourth-order valence-electron chi connectivity index (χ4n) is 2.71. The van der Waals surface area contributed by atoms with Gasteiger partial charge in [-0.15, -0.1) is 0 Å². The minimum atomic E-state index is -4.40. The van der Waals surface area contributed by atoms with Crippen molar-refractivity contribution >= 4 is 11.7 Å². The first-order valence-corrected chi connectivity index (χ1v) is 8.78. The summed E-state index contributed by atoms with van der Waals surface area (Å²) in [7, 11) is 0. The highest BCUT2D eigenvalue weighted by Gasteiger charge is 2.32. The second kappa shape index (κ2) is 8.13. The summed E-state index contributed by atoms with van der Waals surface area (Å²) in [6.45, 7) is 7.92. The summed E-state index contributed by atoms with van der Waals surface area (Å²) >= 11 is 0. The Labute approximate surface area is 157 Å². The molecule has 1 unspecified atom stereocenters. The predicted octanol–water partition coefficient (Wildman–Crippen LogP) is 2.28. The zero-order valence-electron chi connectivity index (χ0n) is 15.7. The van der Waals surface area contributed by atoms with Crippen molar-refractivity contribution in [1.29, 1.82) is 5.26 Å². The molecule has 0 saturated carbocycles. The van der Waals surface area contributed by atoms with Crippen LogP contribution in [0, 0.1) is 17.2 Å². The van der Waals surface area contributed by atoms with E-state index < -0.39 is 17.3 Å². The van der Waals surface area contributed by atoms with Crippen molar-refractivity contribution in [2.24, 2.45) is 5.92 Å². The number of nitriles is 1. The van der Waals surface area contributed by atoms with Crippen LogP contribution in [0.3, 0.4) is 0 Å². The summed E-state index contributed by atoms with van der Waals surface area (Å²) < 4.78 is 37.8. The van der Waals surface area contributed by atoms with Gasteiger partial charge in [-0.3, -0.25) is 9.69 Å². The number of hydrogen-bond acceptors (Lipinski definition) is 5. The number of nitrogens with one attached hydrogen (secondary N) is 1. The molecule has 0 spiro atoms. The molecule has 1 aromatic heterocycles. The lowest BCUT2D eigenvalue weighted by Gasteiger charge is -2.36. The van der Waals surface area contributed by atoms with Crippen LogP contribution in [0.4, 0.5) is 19.0 Å². The molecule has 0 aliphatic carbocycles. The molecule has 1 N–H and O–H groups in total. The molecule has 1 atom stereocenters. The zero-order chi connectivity index (χ0) is 20.2. The van der Waals surface area contributed by atoms with Gasteiger partial charge in [0.25, 0.3) is 0 Å². The summed E-state index contributed by atoms with van der Waals surface area (Å²) in [5.74, 6) is 0.256. The van der Waals surface area contributed by atoms with Crippen LogP contribution < -0.4 is 10.2 Å². The summed E-state index contributed by atoms with van der Waals surface area (Å²) in [6, 6.07) is 4.53. The molecule has 1 aliphatic rings. The number of nitrogens with zero attached hydrogens (tertiary/aromatic N) is 4. The third kappa shape index (κ3) is 5.32. The van der Waals surface area contributed by atoms with Crippen molar-refractivity contribution in [3.8, 4) is 6.07 Å². The van der Waals surface area contributed by atoms with E-state index in [0.29, 0.717) is 32.0 Å². The molecule has 2 heterocycles. The molecule has 0 aromatic carbocycles. The Morgan fingerprint density at radius 3 is 2.37 bits per heavy atom. The Morgan fingerprint density at radius 1 is 1.30 bits per heavy atom. The SMILES string of the molecule is CC(C)C(C)(C#N)NC(=O)CN1CCN(c2ccc(C(F)(F)F)cn2)CC1. The number of rotatable bonds is 5. The molecule has 148 valence electrons. The molecule has 27 heavy (non-hydrogen) atoms. The van der Waals surface area contributed by atoms with E-state index in [1.54, 1.807) is 6.92 Å². The average Bonchev–Trinajstić information content (AvgIpc) is 2.61. The van der Waals surface area contributed by atoms with Gasteiger partial charge >= 0.3 is 6.18 Å². The van der Waals surface area contributed by atoms with Gasteiger partial charge in [-0.25, -0.2) is 4.98 Å². The minimum Gasteiger partial charge on any atom is -0.354 e. The number of hydrogen-bond donors (Lipinski definition) is 1. The van der Waals surface area contributed by atoms with Gasteiger partial charge in [0.05, 0.1) is 18.2 Å². The Kier molecular flexibility index (Phi) is 6.31. The highest BCUT2D eigenvalue weighted by Crippen LogP contribution is 2.29. The topological polar surface area (TPSA) is 72.3 Å². The van der Waals surface area contributed by atoms with E-state index in [0.717, 1.165) is 12.3 Å². The second-order valence-corrected chi connectivity index (χ2v) is 7.18. The molecule has 1 aromatic rings. The second-order valence-electron chi connectivity index (χ2n) is 7.18. The minimum absolute atomic E-state index is 0.0194. The summed E-state index contributed by atoms with van der Waals surface area (Å²) in [6.07, 6.45) is -3.56. The van der Waals surface area contributed by atoms with Crippen LogP contribution in [0.2, 0.25) is 0 Å². The predicted molar refractivity (Wildman–Crippen MR) is 94.9 cm³/mol. The maximum Gasteiger partial charge on any atom is 0.417 e. The first-order valence-electron chi connectivity index (χ1n) is 8.78. The molecule has 6 nitrogen and oxygen atoms in total. The Bertz CT molecular complexity index is 690. The lowest BCUT2D eigenvalue weighted by atomic mass is 9.90. The van der Waals surface area contributed by atoms with Crippen molar-refractivity contribution in [2.45, 2.75) is 32.5 Å². The quantitative estimate of drug-likeness (QED) is 0.845. The van der Waals surface area contributed by atoms with Crippen LogP contribution in [0.25, 0.3) is 0 Å². The molecular formula is C18H24F3N5O. The number of anilines is 1. The van der Waals surface area contributed by atoms with Crippen molar-refractivity contribution in [1.82, 2.24) is 15.2 Å². The average molecular weight is 383 g/mol. The molecule has 1 fully saturated rings. The molecule has 9 heteroatoms. The number of carbonyl (C=O) groups excluding carboxylic acids is 1. The van der Waals surface area contributed by atoms with E-state index >= 15 is 0 Å². The molecule has 0 radical (unpaired) electrons. The van der Waals surface area contributed by atoms with Gasteiger partial charge in [0.2, 0.25) is 5.91 Å². The molecular weight excluding hydrogens is 359 g/mol. The van der Waals surface area contributed by atoms with Crippen LogP contribution in [0.1, 0.15) is 26.3 Å². The van der Waals surface area contributed by atoms with Crippen molar-refractivity contribution in [3.05, 3.63) is 23.9 Å². The smallest absolute Gasteiger partial charge is 0.354 e. The van der Waals surface area contributed by atoms with E-state index in [1.165, 1.54) is 6.07 Å². The van der Waals surface area contributed by atoms with Gasteiger partial charge in [0, 0.05) is 32.4 Å². The maximum absolute atomic E-state index is 12.6. The Balaban J connectivity index is 1.87. The van der Waals surface area contributed by atoms with Gasteiger partial charge in [-0.1, -0.05) is 13.8 Å². The largest absolute Gasteiger partial charge is 0.417 e. The molecule has 2 rings (SSSR count). The van der Waals surface area contributed by atoms with Gasteiger partial charge in [0.15, 0.2) is 0 Å². The van der Waals surface area contributed by atoms with Crippen LogP contribution >= 0.6 is 0 Å². The number of halogens is 3. The maximum atomic E-state index is 12.6. The normalized spacial score (nSPS) is 18.1. The Hall–Kier alpha value is -2.34. The summed E-state index contributed by atoms with van der Waals surface area (Å²) in [4.78, 5) is 20.0. The van der Waals surface area contributed by atoms with Crippen molar-refractivity contribution in [2.75, 3.05) is 37.6 Å². The number of piperazine rings is 1. The number of pyridine rings is 1. The number of amides is 1. The summed E-state index contributed by atoms with van der Waals surface area (Å²) in [5, 5.41) is 12.1. The summed E-state index contributed by atoms with van der Waals surface area (Å²) in [5.41, 5.74) is -1.68. The van der Waals surface area contributed by atoms with Crippen LogP contribution in [0.5, 0.6) is 0 Å². The Morgan fingerprint density at radius 2 is 1.93 bits per heavy atom. The highest BCUT2D eigenvalue weighted by atomic mass is 19.4. The van der Waals surface area contributed by atoms with Gasteiger partial charge in [0.1, 0.15) is 11.4 Å². The number of aromatic nitrogens is 1. The fraction of sp³-hybridized carbons (Fsp3) is 0.611. The highest BCUT2D eigenvalue weighted by molar-refractivity contribution is 5.79. The van der Waals surface area contributed by atoms with E-state index in [2.05, 4.69) is 16.4 Å². The van der Waals surface area contributed by atoms with Gasteiger partial charge in [-0.2, -0.15) is 18.4 Å². The van der Waals surface area contributed by atoms with Crippen LogP contribution in [-0.2, 0) is 11.0 Å². The standard InChI is InChI=1S/C18H24F3N5O/c1-13(2)17(3,12-22)24-16(27)11-25-6-8-26(9-7-25)15-5-4-14(10-23-15)18(19,20)21/h4-5,10,13H,6-9,11H2,1-3H3,(H,24,27). The third-order valence-electron chi connectivity index (χ3n) is 4.92. The molecule has 0 bridgehead atoms. The zero-order valence-corrected chi connectivity index (χ0v) is 15.7. The van der Waals surface area contributed by atoms with Crippen LogP contribution in [0.15, 0.2) is 18.3 Å². The fourth-order valence-corrected chi connectivity index (χ4v) is 2.71. The van der Waals surface area contributed by atoms with E-state index in [-0.39, 0.29) is 18.4 Å². The van der Waals surface area contributed by atoms with Gasteiger partial charge in [-0.05, 0) is 25.0 Å². The lowest BCUT2D eigenvalue weighted by Crippen LogP contribution is -2.54. The third-order valence-corrected chi connectivity index (χ3v) is 4.92. The number of carbonyl (C=O) groups is 1. The number of alkyl halides is 3. The molecule has 1 saturated heterocycles. The van der Waals surface area contributed by atoms with Crippen LogP contribution in [-0.4, -0.2) is 54.1 Å². The van der Waals surface area contributed by atoms with Gasteiger partial charge < -0.3 is 10.2 Å². The van der Waals surface area contributed by atoms with Crippen molar-refractivity contribution in [3.63, 3.8) is 0 Å². The van der Waals surface area contributed by atoms with E-state index in [1.807, 2.05) is 23.6 Å². The first kappa shape index (κ1) is 21.0. The van der Waals surface area contributed by atoms with E-state index in [9.17, 15) is 23.2 Å². The monoisotopic (exact) mass is 383 g/mol.